The third-order valence-corrected chi connectivity index (χ3v) is 4.58. The number of nitrogen functional groups attached to an aromatic ring is 1. The van der Waals surface area contributed by atoms with Gasteiger partial charge in [-0.05, 0) is 48.9 Å². The predicted octanol–water partition coefficient (Wildman–Crippen LogP) is 3.47. The Hall–Kier alpha value is -3.89. The molecule has 0 fully saturated rings. The zero-order chi connectivity index (χ0) is 23.6. The van der Waals surface area contributed by atoms with Crippen molar-refractivity contribution in [3.8, 4) is 11.4 Å². The van der Waals surface area contributed by atoms with Crippen molar-refractivity contribution in [2.75, 3.05) is 12.8 Å². The maximum atomic E-state index is 14.5. The molecule has 0 unspecified atom stereocenters. The maximum Gasteiger partial charge on any atom is 0.416 e. The Balaban J connectivity index is 1.91. The summed E-state index contributed by atoms with van der Waals surface area (Å²) >= 11 is 0. The van der Waals surface area contributed by atoms with Crippen LogP contribution in [0.5, 0.6) is 5.75 Å². The van der Waals surface area contributed by atoms with Crippen molar-refractivity contribution in [1.82, 2.24) is 15.1 Å². The van der Waals surface area contributed by atoms with E-state index in [2.05, 4.69) is 10.4 Å². The Morgan fingerprint density at radius 3 is 2.56 bits per heavy atom. The normalized spacial score (nSPS) is 12.3. The smallest absolute Gasteiger partial charge is 0.416 e. The third kappa shape index (κ3) is 4.71. The van der Waals surface area contributed by atoms with Crippen molar-refractivity contribution < 1.29 is 27.1 Å². The maximum absolute atomic E-state index is 14.5. The molecule has 1 atom stereocenters. The molecule has 3 N–H and O–H groups in total. The minimum Gasteiger partial charge on any atom is -0.494 e. The van der Waals surface area contributed by atoms with Gasteiger partial charge in [-0.3, -0.25) is 9.59 Å². The fourth-order valence-corrected chi connectivity index (χ4v) is 2.97. The van der Waals surface area contributed by atoms with Crippen LogP contribution in [-0.4, -0.2) is 22.8 Å². The first-order valence-corrected chi connectivity index (χ1v) is 9.23. The second kappa shape index (κ2) is 8.69. The van der Waals surface area contributed by atoms with E-state index in [1.807, 2.05) is 0 Å². The number of methoxy groups -OCH3 is 1. The van der Waals surface area contributed by atoms with Crippen molar-refractivity contribution in [3.63, 3.8) is 0 Å². The number of benzene rings is 2. The van der Waals surface area contributed by atoms with Crippen LogP contribution in [0, 0.1) is 5.82 Å². The van der Waals surface area contributed by atoms with E-state index in [1.54, 1.807) is 0 Å². The lowest BCUT2D eigenvalue weighted by atomic mass is 10.0. The van der Waals surface area contributed by atoms with E-state index < -0.39 is 35.1 Å². The molecular weight excluding hydrogens is 432 g/mol. The first-order valence-electron chi connectivity index (χ1n) is 9.23. The Morgan fingerprint density at radius 2 is 1.91 bits per heavy atom. The molecule has 1 amide bonds. The molecule has 0 aliphatic rings. The highest BCUT2D eigenvalue weighted by atomic mass is 19.4. The minimum atomic E-state index is -4.61. The van der Waals surface area contributed by atoms with Crippen LogP contribution in [0.2, 0.25) is 0 Å². The summed E-state index contributed by atoms with van der Waals surface area (Å²) < 4.78 is 59.3. The summed E-state index contributed by atoms with van der Waals surface area (Å²) in [6.45, 7) is 1.46. The standard InChI is InChI=1S/C21H18F4N4O3/c1-11(12-8-13(21(23,24)25)10-14(26)9-12)27-20(31)15-6-7-18(30)29(28-15)16-4-3-5-17(32-2)19(16)22/h3-11H,26H2,1-2H3,(H,27,31)/t11-/m1/s1. The molecule has 11 heteroatoms. The minimum absolute atomic E-state index is 0.115. The third-order valence-electron chi connectivity index (χ3n) is 4.58. The molecule has 1 aromatic heterocycles. The fourth-order valence-electron chi connectivity index (χ4n) is 2.97. The molecule has 3 aromatic rings. The van der Waals surface area contributed by atoms with E-state index in [0.29, 0.717) is 4.68 Å². The Labute approximate surface area is 179 Å². The molecule has 0 aliphatic carbocycles. The van der Waals surface area contributed by atoms with Gasteiger partial charge in [0, 0.05) is 11.8 Å². The number of hydrogen-bond donors (Lipinski definition) is 2. The van der Waals surface area contributed by atoms with Gasteiger partial charge in [0.15, 0.2) is 11.6 Å². The van der Waals surface area contributed by atoms with Crippen LogP contribution < -0.4 is 21.3 Å². The Morgan fingerprint density at radius 1 is 1.19 bits per heavy atom. The van der Waals surface area contributed by atoms with Crippen LogP contribution in [0.4, 0.5) is 23.2 Å². The van der Waals surface area contributed by atoms with Crippen LogP contribution in [0.3, 0.4) is 0 Å². The number of anilines is 1. The molecule has 0 saturated heterocycles. The second-order valence-corrected chi connectivity index (χ2v) is 6.84. The van der Waals surface area contributed by atoms with Gasteiger partial charge in [-0.2, -0.15) is 23.0 Å². The molecule has 0 aliphatic heterocycles. The molecule has 0 saturated carbocycles. The summed E-state index contributed by atoms with van der Waals surface area (Å²) in [5.41, 5.74) is 3.44. The van der Waals surface area contributed by atoms with Crippen molar-refractivity contribution >= 4 is 11.6 Å². The Kier molecular flexibility index (Phi) is 6.19. The van der Waals surface area contributed by atoms with Crippen molar-refractivity contribution in [3.05, 3.63) is 81.5 Å². The highest BCUT2D eigenvalue weighted by molar-refractivity contribution is 5.92. The van der Waals surface area contributed by atoms with Gasteiger partial charge in [0.05, 0.1) is 18.7 Å². The first-order chi connectivity index (χ1) is 15.0. The van der Waals surface area contributed by atoms with Crippen LogP contribution in [0.1, 0.15) is 34.6 Å². The lowest BCUT2D eigenvalue weighted by molar-refractivity contribution is -0.137. The van der Waals surface area contributed by atoms with Gasteiger partial charge in [-0.15, -0.1) is 0 Å². The van der Waals surface area contributed by atoms with E-state index in [0.717, 1.165) is 24.3 Å². The molecule has 3 rings (SSSR count). The average Bonchev–Trinajstić information content (AvgIpc) is 2.73. The SMILES string of the molecule is COc1cccc(-n2nc(C(=O)N[C@H](C)c3cc(N)cc(C(F)(F)F)c3)ccc2=O)c1F. The molecule has 0 radical (unpaired) electrons. The number of nitrogens with one attached hydrogen (secondary N) is 1. The molecule has 7 nitrogen and oxygen atoms in total. The lowest BCUT2D eigenvalue weighted by Gasteiger charge is -2.17. The van der Waals surface area contributed by atoms with E-state index in [4.69, 9.17) is 10.5 Å². The highest BCUT2D eigenvalue weighted by Crippen LogP contribution is 2.32. The van der Waals surface area contributed by atoms with Gasteiger partial charge in [-0.25, -0.2) is 4.39 Å². The number of ether oxygens (including phenoxy) is 1. The summed E-state index contributed by atoms with van der Waals surface area (Å²) in [4.78, 5) is 24.8. The van der Waals surface area contributed by atoms with E-state index in [-0.39, 0.29) is 28.4 Å². The molecule has 168 valence electrons. The van der Waals surface area contributed by atoms with Crippen LogP contribution >= 0.6 is 0 Å². The summed E-state index contributed by atoms with van der Waals surface area (Å²) in [6.07, 6.45) is -4.61. The molecule has 1 heterocycles. The van der Waals surface area contributed by atoms with Gasteiger partial charge in [0.1, 0.15) is 11.4 Å². The number of rotatable bonds is 5. The summed E-state index contributed by atoms with van der Waals surface area (Å²) in [7, 11) is 1.25. The highest BCUT2D eigenvalue weighted by Gasteiger charge is 2.31. The van der Waals surface area contributed by atoms with Crippen LogP contribution in [0.25, 0.3) is 5.69 Å². The number of halogens is 4. The largest absolute Gasteiger partial charge is 0.494 e. The Bertz CT molecular complexity index is 1220. The van der Waals surface area contributed by atoms with E-state index >= 15 is 0 Å². The molecular formula is C21H18F4N4O3. The zero-order valence-corrected chi connectivity index (χ0v) is 16.9. The monoisotopic (exact) mass is 450 g/mol. The number of carbonyl (C=O) groups excluding carboxylic acids is 1. The molecule has 32 heavy (non-hydrogen) atoms. The molecule has 2 aromatic carbocycles. The summed E-state index contributed by atoms with van der Waals surface area (Å²) in [6, 6.07) is 8.32. The fraction of sp³-hybridized carbons (Fsp3) is 0.190. The number of amides is 1. The van der Waals surface area contributed by atoms with Gasteiger partial charge in [-0.1, -0.05) is 6.07 Å². The molecule has 0 bridgehead atoms. The van der Waals surface area contributed by atoms with Crippen molar-refractivity contribution in [2.24, 2.45) is 0 Å². The number of hydrogen-bond acceptors (Lipinski definition) is 5. The lowest BCUT2D eigenvalue weighted by Crippen LogP contribution is -2.31. The number of nitrogens with zero attached hydrogens (tertiary/aromatic N) is 2. The first kappa shape index (κ1) is 22.8. The van der Waals surface area contributed by atoms with Gasteiger partial charge >= 0.3 is 6.18 Å². The number of aromatic nitrogens is 2. The topological polar surface area (TPSA) is 99.2 Å². The second-order valence-electron chi connectivity index (χ2n) is 6.84. The van der Waals surface area contributed by atoms with Gasteiger partial charge in [0.2, 0.25) is 0 Å². The quantitative estimate of drug-likeness (QED) is 0.458. The zero-order valence-electron chi connectivity index (χ0n) is 16.9. The summed E-state index contributed by atoms with van der Waals surface area (Å²) in [5.74, 6) is -1.76. The van der Waals surface area contributed by atoms with Crippen molar-refractivity contribution in [1.29, 1.82) is 0 Å². The number of carbonyl (C=O) groups is 1. The summed E-state index contributed by atoms with van der Waals surface area (Å²) in [5, 5.41) is 6.39. The molecule has 0 spiro atoms. The van der Waals surface area contributed by atoms with Crippen LogP contribution in [-0.2, 0) is 6.18 Å². The van der Waals surface area contributed by atoms with Gasteiger partial charge < -0.3 is 15.8 Å². The van der Waals surface area contributed by atoms with E-state index in [9.17, 15) is 27.2 Å². The number of alkyl halides is 3. The predicted molar refractivity (Wildman–Crippen MR) is 108 cm³/mol. The van der Waals surface area contributed by atoms with Crippen LogP contribution in [0.15, 0.2) is 53.3 Å². The van der Waals surface area contributed by atoms with Gasteiger partial charge in [0.25, 0.3) is 11.5 Å². The average molecular weight is 450 g/mol. The van der Waals surface area contributed by atoms with Crippen molar-refractivity contribution in [2.45, 2.75) is 19.1 Å². The van der Waals surface area contributed by atoms with E-state index in [1.165, 1.54) is 38.3 Å². The number of nitrogens with two attached hydrogens (primary N) is 1.